The van der Waals surface area contributed by atoms with Crippen molar-refractivity contribution in [2.75, 3.05) is 18.0 Å². The highest BCUT2D eigenvalue weighted by Gasteiger charge is 2.29. The summed E-state index contributed by atoms with van der Waals surface area (Å²) in [5.41, 5.74) is 1.26. The van der Waals surface area contributed by atoms with Gasteiger partial charge in [0.25, 0.3) is 0 Å². The van der Waals surface area contributed by atoms with Crippen LogP contribution in [0.3, 0.4) is 0 Å². The van der Waals surface area contributed by atoms with Crippen molar-refractivity contribution >= 4 is 22.7 Å². The largest absolute Gasteiger partial charge is 0.511 e. The van der Waals surface area contributed by atoms with Crippen molar-refractivity contribution in [3.63, 3.8) is 0 Å². The molecule has 0 spiro atoms. The molecule has 0 radical (unpaired) electrons. The summed E-state index contributed by atoms with van der Waals surface area (Å²) in [7, 11) is 0. The number of anilines is 1. The molecule has 0 aliphatic carbocycles. The van der Waals surface area contributed by atoms with Crippen LogP contribution in [0.4, 0.5) is 14.9 Å². The molecule has 0 saturated carbocycles. The second-order valence-corrected chi connectivity index (χ2v) is 7.29. The molecule has 1 atom stereocenters. The van der Waals surface area contributed by atoms with Crippen molar-refractivity contribution in [2.45, 2.75) is 44.8 Å². The molecule has 0 bridgehead atoms. The van der Waals surface area contributed by atoms with E-state index in [1.165, 1.54) is 12.3 Å². The Morgan fingerprint density at radius 3 is 2.67 bits per heavy atom. The molecule has 4 rings (SSSR count). The maximum atomic E-state index is 15.1. The highest BCUT2D eigenvalue weighted by Crippen LogP contribution is 2.39. The minimum atomic E-state index is -1.58. The Hall–Kier alpha value is -2.61. The number of benzene rings is 1. The van der Waals surface area contributed by atoms with E-state index < -0.39 is 17.4 Å². The predicted molar refractivity (Wildman–Crippen MR) is 97.3 cm³/mol. The summed E-state index contributed by atoms with van der Waals surface area (Å²) in [6, 6.07) is 1.21. The number of ether oxygens (including phenoxy) is 1. The number of carboxylic acid groups (broad SMARTS) is 1. The molecule has 3 heterocycles. The molecule has 27 heavy (non-hydrogen) atoms. The van der Waals surface area contributed by atoms with E-state index in [4.69, 9.17) is 5.11 Å². The van der Waals surface area contributed by atoms with Crippen molar-refractivity contribution in [2.24, 2.45) is 0 Å². The highest BCUT2D eigenvalue weighted by molar-refractivity contribution is 5.89. The van der Waals surface area contributed by atoms with Gasteiger partial charge in [0.05, 0.1) is 28.9 Å². The third kappa shape index (κ3) is 2.93. The number of aliphatic hydroxyl groups is 1. The topological polar surface area (TPSA) is 92.0 Å². The lowest BCUT2D eigenvalue weighted by atomic mass is 9.93. The number of aryl methyl sites for hydroxylation is 1. The third-order valence-electron chi connectivity index (χ3n) is 5.57. The van der Waals surface area contributed by atoms with Crippen LogP contribution in [-0.4, -0.2) is 40.1 Å². The number of hydrogen-bond donors (Lipinski definition) is 2. The lowest BCUT2D eigenvalue weighted by Gasteiger charge is -2.36. The van der Waals surface area contributed by atoms with Gasteiger partial charge >= 0.3 is 6.16 Å². The molecule has 1 aromatic heterocycles. The van der Waals surface area contributed by atoms with Crippen LogP contribution in [0.25, 0.3) is 10.9 Å². The third-order valence-corrected chi connectivity index (χ3v) is 5.57. The molecule has 144 valence electrons. The zero-order valence-electron chi connectivity index (χ0n) is 14.9. The Morgan fingerprint density at radius 1 is 1.30 bits per heavy atom. The lowest BCUT2D eigenvalue weighted by Crippen LogP contribution is -2.37. The number of rotatable bonds is 2. The van der Waals surface area contributed by atoms with Crippen LogP contribution in [0, 0.1) is 5.82 Å². The molecular weight excluding hydrogens is 355 g/mol. The fourth-order valence-electron chi connectivity index (χ4n) is 4.21. The fourth-order valence-corrected chi connectivity index (χ4v) is 4.21. The zero-order valence-corrected chi connectivity index (χ0v) is 14.9. The Bertz CT molecular complexity index is 978. The summed E-state index contributed by atoms with van der Waals surface area (Å²) in [5, 5.41) is 18.8. The molecule has 2 N–H and O–H groups in total. The van der Waals surface area contributed by atoms with Gasteiger partial charge in [-0.3, -0.25) is 4.79 Å². The molecule has 1 unspecified atom stereocenters. The molecule has 2 aliphatic heterocycles. The summed E-state index contributed by atoms with van der Waals surface area (Å²) >= 11 is 0. The average molecular weight is 376 g/mol. The quantitative estimate of drug-likeness (QED) is 0.783. The van der Waals surface area contributed by atoms with Crippen LogP contribution < -0.4 is 15.1 Å². The SMILES string of the molecule is CC1CCc2c(N3CCC(O)CC3)c(F)cc3c(=O)c(OC(=O)O)cn1c23. The van der Waals surface area contributed by atoms with Gasteiger partial charge in [0.1, 0.15) is 5.82 Å². The first-order valence-electron chi connectivity index (χ1n) is 9.11. The van der Waals surface area contributed by atoms with E-state index in [2.05, 4.69) is 4.74 Å². The Morgan fingerprint density at radius 2 is 2.00 bits per heavy atom. The summed E-state index contributed by atoms with van der Waals surface area (Å²) < 4.78 is 21.5. The smallest absolute Gasteiger partial charge is 0.449 e. The molecule has 2 aliphatic rings. The number of carbonyl (C=O) groups is 1. The van der Waals surface area contributed by atoms with Gasteiger partial charge in [-0.1, -0.05) is 0 Å². The minimum absolute atomic E-state index is 0.0261. The number of halogens is 1. The Labute approximate surface area is 154 Å². The van der Waals surface area contributed by atoms with Gasteiger partial charge in [0, 0.05) is 24.7 Å². The van der Waals surface area contributed by atoms with E-state index >= 15 is 4.39 Å². The number of aromatic nitrogens is 1. The second kappa shape index (κ2) is 6.53. The van der Waals surface area contributed by atoms with Gasteiger partial charge in [-0.15, -0.1) is 0 Å². The molecule has 8 heteroatoms. The van der Waals surface area contributed by atoms with Gasteiger partial charge in [-0.2, -0.15) is 0 Å². The van der Waals surface area contributed by atoms with Crippen molar-refractivity contribution in [1.82, 2.24) is 4.57 Å². The van der Waals surface area contributed by atoms with Crippen molar-refractivity contribution in [1.29, 1.82) is 0 Å². The number of aliphatic hydroxyl groups excluding tert-OH is 1. The fraction of sp³-hybridized carbons (Fsp3) is 0.474. The van der Waals surface area contributed by atoms with E-state index in [0.29, 0.717) is 43.6 Å². The number of hydrogen-bond acceptors (Lipinski definition) is 5. The molecule has 7 nitrogen and oxygen atoms in total. The van der Waals surface area contributed by atoms with Crippen LogP contribution in [0.2, 0.25) is 0 Å². The molecule has 1 fully saturated rings. The maximum Gasteiger partial charge on any atom is 0.511 e. The lowest BCUT2D eigenvalue weighted by molar-refractivity contribution is 0.143. The summed E-state index contributed by atoms with van der Waals surface area (Å²) in [6.07, 6.45) is 1.99. The van der Waals surface area contributed by atoms with Gasteiger partial charge in [0.15, 0.2) is 5.75 Å². The second-order valence-electron chi connectivity index (χ2n) is 7.29. The highest BCUT2D eigenvalue weighted by atomic mass is 19.1. The standard InChI is InChI=1S/C19H21FN2O5/c1-10-2-3-12-16-13(18(24)15(9-22(10)16)27-19(25)26)8-14(20)17(12)21-6-4-11(23)5-7-21/h8-11,23H,2-7H2,1H3,(H,25,26). The van der Waals surface area contributed by atoms with Crippen LogP contribution in [-0.2, 0) is 6.42 Å². The van der Waals surface area contributed by atoms with Crippen molar-refractivity contribution in [3.05, 3.63) is 33.9 Å². The molecule has 1 aromatic carbocycles. The number of pyridine rings is 1. The van der Waals surface area contributed by atoms with Crippen molar-refractivity contribution in [3.8, 4) is 5.75 Å². The number of piperidine rings is 1. The van der Waals surface area contributed by atoms with E-state index in [1.807, 2.05) is 16.4 Å². The van der Waals surface area contributed by atoms with Crippen LogP contribution >= 0.6 is 0 Å². The van der Waals surface area contributed by atoms with E-state index in [0.717, 1.165) is 12.0 Å². The molecule has 0 amide bonds. The van der Waals surface area contributed by atoms with Gasteiger partial charge < -0.3 is 24.4 Å². The summed E-state index contributed by atoms with van der Waals surface area (Å²) in [6.45, 7) is 3.07. The van der Waals surface area contributed by atoms with Gasteiger partial charge in [-0.05, 0) is 38.7 Å². The molecule has 1 saturated heterocycles. The van der Waals surface area contributed by atoms with Crippen LogP contribution in [0.1, 0.15) is 37.8 Å². The average Bonchev–Trinajstić information content (AvgIpc) is 2.62. The van der Waals surface area contributed by atoms with E-state index in [-0.39, 0.29) is 23.3 Å². The first-order chi connectivity index (χ1) is 12.9. The first kappa shape index (κ1) is 17.8. The van der Waals surface area contributed by atoms with Gasteiger partial charge in [-0.25, -0.2) is 9.18 Å². The minimum Gasteiger partial charge on any atom is -0.449 e. The molecule has 2 aromatic rings. The van der Waals surface area contributed by atoms with Crippen LogP contribution in [0.5, 0.6) is 5.75 Å². The normalized spacial score (nSPS) is 20.1. The maximum absolute atomic E-state index is 15.1. The number of nitrogens with zero attached hydrogens (tertiary/aromatic N) is 2. The zero-order chi connectivity index (χ0) is 19.3. The van der Waals surface area contributed by atoms with Crippen molar-refractivity contribution < 1.29 is 24.1 Å². The van der Waals surface area contributed by atoms with E-state index in [9.17, 15) is 14.7 Å². The summed E-state index contributed by atoms with van der Waals surface area (Å²) in [4.78, 5) is 25.5. The van der Waals surface area contributed by atoms with Gasteiger partial charge in [0.2, 0.25) is 5.43 Å². The Kier molecular flexibility index (Phi) is 4.30. The summed E-state index contributed by atoms with van der Waals surface area (Å²) in [5.74, 6) is -0.817. The Balaban J connectivity index is 1.96. The van der Waals surface area contributed by atoms with Crippen LogP contribution in [0.15, 0.2) is 17.1 Å². The van der Waals surface area contributed by atoms with E-state index in [1.54, 1.807) is 0 Å². The first-order valence-corrected chi connectivity index (χ1v) is 9.11. The molecular formula is C19H21FN2O5. The predicted octanol–water partition coefficient (Wildman–Crippen LogP) is 2.67. The monoisotopic (exact) mass is 376 g/mol.